The summed E-state index contributed by atoms with van der Waals surface area (Å²) in [5.74, 6) is -0.505. The average molecular weight is 733 g/mol. The first-order valence-electron chi connectivity index (χ1n) is 18.9. The highest BCUT2D eigenvalue weighted by molar-refractivity contribution is 7.89. The van der Waals surface area contributed by atoms with Gasteiger partial charge < -0.3 is 10.6 Å². The molecule has 2 aromatic carbocycles. The van der Waals surface area contributed by atoms with Gasteiger partial charge in [-0.25, -0.2) is 26.3 Å². The molecule has 0 atom stereocenters. The highest BCUT2D eigenvalue weighted by atomic mass is 32.2. The lowest BCUT2D eigenvalue weighted by atomic mass is 10.1. The van der Waals surface area contributed by atoms with Crippen molar-refractivity contribution in [2.75, 3.05) is 26.2 Å². The van der Waals surface area contributed by atoms with E-state index in [1.165, 1.54) is 37.1 Å². The maximum absolute atomic E-state index is 12.8. The van der Waals surface area contributed by atoms with E-state index in [9.17, 15) is 26.4 Å². The van der Waals surface area contributed by atoms with Crippen LogP contribution in [0.15, 0.2) is 58.3 Å². The maximum Gasteiger partial charge on any atom is 0.251 e. The van der Waals surface area contributed by atoms with Gasteiger partial charge in [0.1, 0.15) is 0 Å². The fraction of sp³-hybridized carbons (Fsp3) is 0.632. The predicted octanol–water partition coefficient (Wildman–Crippen LogP) is 7.22. The zero-order valence-electron chi connectivity index (χ0n) is 29.9. The predicted molar refractivity (Wildman–Crippen MR) is 200 cm³/mol. The second-order valence-electron chi connectivity index (χ2n) is 13.4. The molecule has 0 spiro atoms. The molecule has 0 unspecified atom stereocenters. The third kappa shape index (κ3) is 16.5. The number of rotatable bonds is 0. The molecule has 1 aliphatic rings. The molecular weight excluding hydrogens is 673 g/mol. The number of nitrogens with one attached hydrogen (secondary N) is 4. The van der Waals surface area contributed by atoms with Crippen LogP contribution in [0.4, 0.5) is 0 Å². The Morgan fingerprint density at radius 2 is 0.660 bits per heavy atom. The van der Waals surface area contributed by atoms with Crippen LogP contribution in [0.5, 0.6) is 0 Å². The lowest BCUT2D eigenvalue weighted by Crippen LogP contribution is -2.27. The van der Waals surface area contributed by atoms with Gasteiger partial charge in [-0.15, -0.1) is 0 Å². The summed E-state index contributed by atoms with van der Waals surface area (Å²) in [7, 11) is -7.37. The Morgan fingerprint density at radius 3 is 0.980 bits per heavy atom. The van der Waals surface area contributed by atoms with Crippen molar-refractivity contribution in [1.29, 1.82) is 0 Å². The van der Waals surface area contributed by atoms with E-state index in [0.717, 1.165) is 116 Å². The number of hydrogen-bond acceptors (Lipinski definition) is 6. The smallest absolute Gasteiger partial charge is 0.251 e. The topological polar surface area (TPSA) is 151 Å². The number of hydrogen-bond donors (Lipinski definition) is 4. The third-order valence-corrected chi connectivity index (χ3v) is 12.1. The Labute approximate surface area is 301 Å². The van der Waals surface area contributed by atoms with Crippen LogP contribution in [0.1, 0.15) is 149 Å². The maximum atomic E-state index is 12.8. The molecule has 3 rings (SSSR count). The highest BCUT2D eigenvalue weighted by Gasteiger charge is 2.17. The van der Waals surface area contributed by atoms with Crippen LogP contribution in [0, 0.1) is 0 Å². The van der Waals surface area contributed by atoms with Gasteiger partial charge in [0.25, 0.3) is 11.8 Å². The Balaban J connectivity index is 1.44. The van der Waals surface area contributed by atoms with Gasteiger partial charge in [-0.05, 0) is 62.1 Å². The highest BCUT2D eigenvalue weighted by Crippen LogP contribution is 2.16. The van der Waals surface area contributed by atoms with Crippen molar-refractivity contribution < 1.29 is 26.4 Å². The Kier molecular flexibility index (Phi) is 19.7. The van der Waals surface area contributed by atoms with Crippen molar-refractivity contribution in [2.24, 2.45) is 0 Å². The molecule has 10 nitrogen and oxygen atoms in total. The largest absolute Gasteiger partial charge is 0.352 e. The zero-order chi connectivity index (χ0) is 35.9. The molecule has 1 aliphatic heterocycles. The van der Waals surface area contributed by atoms with Crippen LogP contribution in [-0.2, 0) is 20.0 Å². The van der Waals surface area contributed by atoms with E-state index in [0.29, 0.717) is 37.3 Å². The van der Waals surface area contributed by atoms with Gasteiger partial charge in [0.05, 0.1) is 9.79 Å². The van der Waals surface area contributed by atoms with Gasteiger partial charge in [0, 0.05) is 37.3 Å². The molecule has 1 heterocycles. The summed E-state index contributed by atoms with van der Waals surface area (Å²) in [6.07, 6.45) is 20.6. The molecule has 0 aromatic heterocycles. The van der Waals surface area contributed by atoms with Crippen LogP contribution in [0.2, 0.25) is 0 Å². The van der Waals surface area contributed by atoms with Crippen molar-refractivity contribution in [1.82, 2.24) is 20.1 Å². The Morgan fingerprint density at radius 1 is 0.380 bits per heavy atom. The molecule has 4 bridgehead atoms. The van der Waals surface area contributed by atoms with Gasteiger partial charge >= 0.3 is 0 Å². The first-order valence-corrected chi connectivity index (χ1v) is 21.9. The lowest BCUT2D eigenvalue weighted by Gasteiger charge is -2.10. The monoisotopic (exact) mass is 732 g/mol. The Hall–Kier alpha value is -2.80. The number of fused-ring (bicyclic) bond motifs is 4. The molecule has 0 radical (unpaired) electrons. The van der Waals surface area contributed by atoms with Crippen LogP contribution in [-0.4, -0.2) is 54.8 Å². The summed E-state index contributed by atoms with van der Waals surface area (Å²) >= 11 is 0. The zero-order valence-corrected chi connectivity index (χ0v) is 31.5. The second-order valence-corrected chi connectivity index (χ2v) is 17.0. The van der Waals surface area contributed by atoms with Crippen molar-refractivity contribution in [3.63, 3.8) is 0 Å². The molecule has 12 heteroatoms. The minimum atomic E-state index is -3.68. The summed E-state index contributed by atoms with van der Waals surface area (Å²) in [5, 5.41) is 5.85. The van der Waals surface area contributed by atoms with Crippen molar-refractivity contribution >= 4 is 31.9 Å². The van der Waals surface area contributed by atoms with Crippen LogP contribution in [0.3, 0.4) is 0 Å². The lowest BCUT2D eigenvalue weighted by molar-refractivity contribution is 0.0944. The standard InChI is InChI=1S/C38H60N4O6S2/c43-37-33-23-21-25-35(31-33)49(45,46)41-29-19-15-11-7-3-4-8-12-16-20-30-42-50(47,48)36-26-22-24-34(32-36)38(44)40-28-18-14-10-6-2-1-5-9-13-17-27-39-37/h21-26,31-32,41-42H,1-20,27-30H2,(H,39,43)(H,40,44). The van der Waals surface area contributed by atoms with Gasteiger partial charge in [0.15, 0.2) is 0 Å². The van der Waals surface area contributed by atoms with Crippen molar-refractivity contribution in [3.8, 4) is 0 Å². The molecule has 2 aromatic rings. The number of sulfonamides is 2. The van der Waals surface area contributed by atoms with E-state index in [2.05, 4.69) is 20.1 Å². The quantitative estimate of drug-likeness (QED) is 0.225. The summed E-state index contributed by atoms with van der Waals surface area (Å²) in [6, 6.07) is 12.5. The van der Waals surface area contributed by atoms with Crippen LogP contribution >= 0.6 is 0 Å². The summed E-state index contributed by atoms with van der Waals surface area (Å²) < 4.78 is 56.7. The molecule has 50 heavy (non-hydrogen) atoms. The molecule has 0 aliphatic carbocycles. The van der Waals surface area contributed by atoms with E-state index in [4.69, 9.17) is 0 Å². The number of amides is 2. The second kappa shape index (κ2) is 23.6. The van der Waals surface area contributed by atoms with Gasteiger partial charge in [-0.1, -0.05) is 115 Å². The summed E-state index contributed by atoms with van der Waals surface area (Å²) in [6.45, 7) is 1.85. The minimum absolute atomic E-state index is 0.110. The van der Waals surface area contributed by atoms with Crippen molar-refractivity contribution in [3.05, 3.63) is 59.7 Å². The number of carbonyl (C=O) groups is 2. The minimum Gasteiger partial charge on any atom is -0.352 e. The molecule has 280 valence electrons. The normalized spacial score (nSPS) is 21.4. The molecular formula is C38H60N4O6S2. The van der Waals surface area contributed by atoms with Crippen molar-refractivity contribution in [2.45, 2.75) is 138 Å². The van der Waals surface area contributed by atoms with Crippen LogP contribution < -0.4 is 20.1 Å². The average Bonchev–Trinajstić information content (AvgIpc) is 3.11. The molecule has 4 N–H and O–H groups in total. The van der Waals surface area contributed by atoms with E-state index < -0.39 is 20.0 Å². The van der Waals surface area contributed by atoms with Gasteiger partial charge in [0.2, 0.25) is 20.0 Å². The number of carbonyl (C=O) groups excluding carboxylic acids is 2. The fourth-order valence-corrected chi connectivity index (χ4v) is 8.36. The van der Waals surface area contributed by atoms with E-state index >= 15 is 0 Å². The van der Waals surface area contributed by atoms with Gasteiger partial charge in [-0.2, -0.15) is 0 Å². The number of benzene rings is 2. The SMILES string of the molecule is O=C1NCCCCCCCCCCCCNC(=O)c2cccc(c2)S(=O)(=O)NCCCCCCCCCCCCNS(=O)(=O)c2cccc1c2. The summed E-state index contributed by atoms with van der Waals surface area (Å²) in [4.78, 5) is 25.5. The molecule has 0 saturated carbocycles. The first-order chi connectivity index (χ1) is 24.2. The third-order valence-electron chi connectivity index (χ3n) is 9.18. The summed E-state index contributed by atoms with van der Waals surface area (Å²) in [5.41, 5.74) is 0.702. The van der Waals surface area contributed by atoms with E-state index in [1.54, 1.807) is 24.3 Å². The molecule has 0 fully saturated rings. The first kappa shape index (κ1) is 41.6. The van der Waals surface area contributed by atoms with Gasteiger partial charge in [-0.3, -0.25) is 9.59 Å². The van der Waals surface area contributed by atoms with Crippen LogP contribution in [0.25, 0.3) is 0 Å². The molecule has 2 amide bonds. The molecule has 0 saturated heterocycles. The van der Waals surface area contributed by atoms with E-state index in [-0.39, 0.29) is 21.6 Å². The Bertz CT molecular complexity index is 1400. The fourth-order valence-electron chi connectivity index (χ4n) is 6.13. The van der Waals surface area contributed by atoms with E-state index in [1.807, 2.05) is 0 Å².